The van der Waals surface area contributed by atoms with Gasteiger partial charge >= 0.3 is 5.97 Å². The summed E-state index contributed by atoms with van der Waals surface area (Å²) in [6, 6.07) is 8.13. The van der Waals surface area contributed by atoms with Crippen LogP contribution in [0, 0.1) is 0 Å². The van der Waals surface area contributed by atoms with E-state index < -0.39 is 5.97 Å². The van der Waals surface area contributed by atoms with Crippen LogP contribution in [0.4, 0.5) is 5.69 Å². The maximum Gasteiger partial charge on any atom is 0.338 e. The van der Waals surface area contributed by atoms with Gasteiger partial charge in [-0.15, -0.1) is 0 Å². The van der Waals surface area contributed by atoms with Gasteiger partial charge in [-0.05, 0) is 31.2 Å². The van der Waals surface area contributed by atoms with Crippen LogP contribution in [0.3, 0.4) is 0 Å². The molecule has 98 valence electrons. The van der Waals surface area contributed by atoms with Gasteiger partial charge in [0, 0.05) is 5.69 Å². The number of nitrogens with one attached hydrogen (secondary N) is 1. The number of ether oxygens (including phenoxy) is 1. The van der Waals surface area contributed by atoms with Crippen molar-refractivity contribution in [1.29, 1.82) is 0 Å². The normalized spacial score (nSPS) is 9.95. The van der Waals surface area contributed by atoms with E-state index in [9.17, 15) is 9.59 Å². The fourth-order valence-corrected chi connectivity index (χ4v) is 1.54. The van der Waals surface area contributed by atoms with Crippen molar-refractivity contribution in [3.05, 3.63) is 54.0 Å². The van der Waals surface area contributed by atoms with Gasteiger partial charge in [-0.3, -0.25) is 4.79 Å². The first-order valence-electron chi connectivity index (χ1n) is 5.81. The lowest BCUT2D eigenvalue weighted by atomic mass is 10.2. The van der Waals surface area contributed by atoms with Gasteiger partial charge in [0.1, 0.15) is 6.26 Å². The van der Waals surface area contributed by atoms with Gasteiger partial charge in [0.15, 0.2) is 0 Å². The van der Waals surface area contributed by atoms with Crippen LogP contribution in [-0.4, -0.2) is 18.5 Å². The zero-order valence-corrected chi connectivity index (χ0v) is 10.4. The van der Waals surface area contributed by atoms with Gasteiger partial charge in [0.2, 0.25) is 0 Å². The Bertz CT molecular complexity index is 575. The smallest absolute Gasteiger partial charge is 0.338 e. The summed E-state index contributed by atoms with van der Waals surface area (Å²) in [5, 5.41) is 2.67. The molecule has 19 heavy (non-hydrogen) atoms. The van der Waals surface area contributed by atoms with Crippen LogP contribution < -0.4 is 5.32 Å². The highest BCUT2D eigenvalue weighted by Crippen LogP contribution is 2.13. The van der Waals surface area contributed by atoms with Gasteiger partial charge in [-0.2, -0.15) is 0 Å². The van der Waals surface area contributed by atoms with Crippen LogP contribution in [0.15, 0.2) is 47.3 Å². The highest BCUT2D eigenvalue weighted by atomic mass is 16.5. The molecule has 0 atom stereocenters. The number of rotatable bonds is 4. The van der Waals surface area contributed by atoms with E-state index in [0.29, 0.717) is 23.4 Å². The molecule has 1 N–H and O–H groups in total. The van der Waals surface area contributed by atoms with E-state index in [1.807, 2.05) is 0 Å². The lowest BCUT2D eigenvalue weighted by molar-refractivity contribution is 0.0526. The minimum Gasteiger partial charge on any atom is -0.472 e. The standard InChI is InChI=1S/C14H13NO4/c1-2-19-14(17)10-4-3-5-12(8-10)15-13(16)11-6-7-18-9-11/h3-9H,2H2,1H3,(H,15,16). The Hall–Kier alpha value is -2.56. The molecule has 0 bridgehead atoms. The molecule has 0 aliphatic rings. The minimum atomic E-state index is -0.415. The fourth-order valence-electron chi connectivity index (χ4n) is 1.54. The van der Waals surface area contributed by atoms with Crippen molar-refractivity contribution in [2.24, 2.45) is 0 Å². The van der Waals surface area contributed by atoms with Crippen LogP contribution in [-0.2, 0) is 4.74 Å². The topological polar surface area (TPSA) is 68.5 Å². The van der Waals surface area contributed by atoms with E-state index in [1.165, 1.54) is 12.5 Å². The number of anilines is 1. The first-order valence-corrected chi connectivity index (χ1v) is 5.81. The second kappa shape index (κ2) is 5.86. The number of hydrogen-bond acceptors (Lipinski definition) is 4. The van der Waals surface area contributed by atoms with Crippen molar-refractivity contribution in [2.75, 3.05) is 11.9 Å². The first-order chi connectivity index (χ1) is 9.20. The third-order valence-corrected chi connectivity index (χ3v) is 2.41. The zero-order chi connectivity index (χ0) is 13.7. The summed E-state index contributed by atoms with van der Waals surface area (Å²) in [5.41, 5.74) is 1.34. The second-order valence-electron chi connectivity index (χ2n) is 3.77. The third kappa shape index (κ3) is 3.22. The maximum absolute atomic E-state index is 11.8. The number of carbonyl (C=O) groups excluding carboxylic acids is 2. The Labute approximate surface area is 110 Å². The van der Waals surface area contributed by atoms with Crippen molar-refractivity contribution in [1.82, 2.24) is 0 Å². The number of benzene rings is 1. The number of hydrogen-bond donors (Lipinski definition) is 1. The lowest BCUT2D eigenvalue weighted by Gasteiger charge is -2.06. The average Bonchev–Trinajstić information content (AvgIpc) is 2.93. The fraction of sp³-hybridized carbons (Fsp3) is 0.143. The summed E-state index contributed by atoms with van der Waals surface area (Å²) in [6.45, 7) is 2.05. The van der Waals surface area contributed by atoms with Crippen molar-refractivity contribution >= 4 is 17.6 Å². The van der Waals surface area contributed by atoms with Gasteiger partial charge in [0.05, 0.1) is 24.0 Å². The van der Waals surface area contributed by atoms with Crippen molar-refractivity contribution in [3.8, 4) is 0 Å². The minimum absolute atomic E-state index is 0.297. The third-order valence-electron chi connectivity index (χ3n) is 2.41. The molecule has 0 spiro atoms. The highest BCUT2D eigenvalue weighted by molar-refractivity contribution is 6.04. The predicted octanol–water partition coefficient (Wildman–Crippen LogP) is 2.71. The van der Waals surface area contributed by atoms with Crippen molar-refractivity contribution < 1.29 is 18.7 Å². The number of carbonyl (C=O) groups is 2. The predicted molar refractivity (Wildman–Crippen MR) is 69.1 cm³/mol. The summed E-state index contributed by atoms with van der Waals surface area (Å²) in [5.74, 6) is -0.711. The first kappa shape index (κ1) is 12.9. The van der Waals surface area contributed by atoms with Crippen LogP contribution in [0.2, 0.25) is 0 Å². The monoisotopic (exact) mass is 259 g/mol. The largest absolute Gasteiger partial charge is 0.472 e. The molecule has 0 aliphatic heterocycles. The summed E-state index contributed by atoms with van der Waals surface area (Å²) in [4.78, 5) is 23.4. The van der Waals surface area contributed by atoms with Gasteiger partial charge < -0.3 is 14.5 Å². The highest BCUT2D eigenvalue weighted by Gasteiger charge is 2.10. The number of amides is 1. The molecule has 0 saturated carbocycles. The Kier molecular flexibility index (Phi) is 3.97. The second-order valence-corrected chi connectivity index (χ2v) is 3.77. The number of furan rings is 1. The van der Waals surface area contributed by atoms with E-state index in [-0.39, 0.29) is 5.91 Å². The van der Waals surface area contributed by atoms with E-state index in [2.05, 4.69) is 5.32 Å². The van der Waals surface area contributed by atoms with Gasteiger partial charge in [-0.1, -0.05) is 6.07 Å². The quantitative estimate of drug-likeness (QED) is 0.857. The molecular formula is C14H13NO4. The number of esters is 1. The zero-order valence-electron chi connectivity index (χ0n) is 10.4. The van der Waals surface area contributed by atoms with Crippen LogP contribution in [0.1, 0.15) is 27.6 Å². The summed E-state index contributed by atoms with van der Waals surface area (Å²) in [6.07, 6.45) is 2.77. The molecular weight excluding hydrogens is 246 g/mol. The molecule has 0 fully saturated rings. The molecule has 2 aromatic rings. The molecule has 0 aliphatic carbocycles. The SMILES string of the molecule is CCOC(=O)c1cccc(NC(=O)c2ccoc2)c1. The molecule has 1 heterocycles. The maximum atomic E-state index is 11.8. The van der Waals surface area contributed by atoms with E-state index in [4.69, 9.17) is 9.15 Å². The average molecular weight is 259 g/mol. The van der Waals surface area contributed by atoms with Crippen molar-refractivity contribution in [2.45, 2.75) is 6.92 Å². The lowest BCUT2D eigenvalue weighted by Crippen LogP contribution is -2.12. The summed E-state index contributed by atoms with van der Waals surface area (Å²) < 4.78 is 9.73. The van der Waals surface area contributed by atoms with Crippen LogP contribution in [0.5, 0.6) is 0 Å². The van der Waals surface area contributed by atoms with E-state index in [0.717, 1.165) is 0 Å². The van der Waals surface area contributed by atoms with Crippen molar-refractivity contribution in [3.63, 3.8) is 0 Å². The Morgan fingerprint density at radius 1 is 1.26 bits per heavy atom. The molecule has 1 aromatic heterocycles. The summed E-state index contributed by atoms with van der Waals surface area (Å²) in [7, 11) is 0. The Morgan fingerprint density at radius 2 is 2.11 bits per heavy atom. The van der Waals surface area contributed by atoms with Crippen LogP contribution >= 0.6 is 0 Å². The van der Waals surface area contributed by atoms with E-state index >= 15 is 0 Å². The molecule has 5 heteroatoms. The Morgan fingerprint density at radius 3 is 2.79 bits per heavy atom. The molecule has 1 amide bonds. The Balaban J connectivity index is 2.11. The van der Waals surface area contributed by atoms with Crippen LogP contribution in [0.25, 0.3) is 0 Å². The molecule has 0 saturated heterocycles. The van der Waals surface area contributed by atoms with Gasteiger partial charge in [-0.25, -0.2) is 4.79 Å². The molecule has 0 unspecified atom stereocenters. The molecule has 5 nitrogen and oxygen atoms in total. The molecule has 2 rings (SSSR count). The molecule has 0 radical (unpaired) electrons. The summed E-state index contributed by atoms with van der Waals surface area (Å²) >= 11 is 0. The molecule has 1 aromatic carbocycles. The van der Waals surface area contributed by atoms with E-state index in [1.54, 1.807) is 37.3 Å². The van der Waals surface area contributed by atoms with Gasteiger partial charge in [0.25, 0.3) is 5.91 Å².